The zero-order valence-electron chi connectivity index (χ0n) is 11.8. The first-order valence-corrected chi connectivity index (χ1v) is 6.90. The lowest BCUT2D eigenvalue weighted by Crippen LogP contribution is -2.43. The molecule has 20 heavy (non-hydrogen) atoms. The Morgan fingerprint density at radius 1 is 1.35 bits per heavy atom. The first kappa shape index (κ1) is 13.2. The second kappa shape index (κ2) is 5.68. The summed E-state index contributed by atoms with van der Waals surface area (Å²) in [6, 6.07) is 6.20. The summed E-state index contributed by atoms with van der Waals surface area (Å²) in [5.74, 6) is 2.50. The molecule has 1 atom stereocenters. The van der Waals surface area contributed by atoms with Gasteiger partial charge in [-0.25, -0.2) is 9.97 Å². The molecule has 0 saturated carbocycles. The van der Waals surface area contributed by atoms with Crippen LogP contribution in [-0.4, -0.2) is 45.5 Å². The molecule has 0 amide bonds. The lowest BCUT2D eigenvalue weighted by Gasteiger charge is -2.23. The van der Waals surface area contributed by atoms with E-state index in [1.165, 1.54) is 0 Å². The normalized spacial score (nSPS) is 19.2. The van der Waals surface area contributed by atoms with E-state index < -0.39 is 0 Å². The van der Waals surface area contributed by atoms with Crippen molar-refractivity contribution < 1.29 is 4.74 Å². The Hall–Kier alpha value is -1.79. The highest BCUT2D eigenvalue weighted by Crippen LogP contribution is 2.11. The van der Waals surface area contributed by atoms with Crippen molar-refractivity contribution in [3.63, 3.8) is 0 Å². The lowest BCUT2D eigenvalue weighted by atomic mass is 10.2. The predicted molar refractivity (Wildman–Crippen MR) is 74.9 cm³/mol. The summed E-state index contributed by atoms with van der Waals surface area (Å²) in [5, 5.41) is 7.90. The summed E-state index contributed by atoms with van der Waals surface area (Å²) < 4.78 is 7.32. The Morgan fingerprint density at radius 3 is 3.00 bits per heavy atom. The van der Waals surface area contributed by atoms with Gasteiger partial charge < -0.3 is 10.1 Å². The van der Waals surface area contributed by atoms with Crippen molar-refractivity contribution in [2.24, 2.45) is 0 Å². The van der Waals surface area contributed by atoms with E-state index in [9.17, 15) is 0 Å². The van der Waals surface area contributed by atoms with Crippen molar-refractivity contribution in [1.82, 2.24) is 25.1 Å². The highest BCUT2D eigenvalue weighted by atomic mass is 16.5. The first-order valence-electron chi connectivity index (χ1n) is 6.90. The SMILES string of the molecule is Cc1cccc(-n2nc(C)nc2C[C@@H]2COCCN2)n1. The van der Waals surface area contributed by atoms with Gasteiger partial charge in [0.2, 0.25) is 0 Å². The Morgan fingerprint density at radius 2 is 2.25 bits per heavy atom. The van der Waals surface area contributed by atoms with E-state index in [0.717, 1.165) is 42.7 Å². The topological polar surface area (TPSA) is 64.9 Å². The van der Waals surface area contributed by atoms with Crippen LogP contribution in [0, 0.1) is 13.8 Å². The second-order valence-corrected chi connectivity index (χ2v) is 5.05. The summed E-state index contributed by atoms with van der Waals surface area (Å²) in [6.45, 7) is 6.26. The average molecular weight is 273 g/mol. The third kappa shape index (κ3) is 2.86. The predicted octanol–water partition coefficient (Wildman–Crippen LogP) is 0.810. The molecular formula is C14H19N5O. The van der Waals surface area contributed by atoms with Crippen molar-refractivity contribution in [1.29, 1.82) is 0 Å². The smallest absolute Gasteiger partial charge is 0.155 e. The largest absolute Gasteiger partial charge is 0.379 e. The van der Waals surface area contributed by atoms with Crippen LogP contribution in [0.1, 0.15) is 17.3 Å². The van der Waals surface area contributed by atoms with E-state index in [2.05, 4.69) is 20.4 Å². The highest BCUT2D eigenvalue weighted by Gasteiger charge is 2.18. The molecule has 2 aromatic heterocycles. The fourth-order valence-corrected chi connectivity index (χ4v) is 2.39. The zero-order chi connectivity index (χ0) is 13.9. The molecule has 106 valence electrons. The minimum absolute atomic E-state index is 0.288. The van der Waals surface area contributed by atoms with E-state index in [1.807, 2.05) is 36.7 Å². The Kier molecular flexibility index (Phi) is 3.75. The fourth-order valence-electron chi connectivity index (χ4n) is 2.39. The van der Waals surface area contributed by atoms with Gasteiger partial charge in [0.15, 0.2) is 5.82 Å². The van der Waals surface area contributed by atoms with Gasteiger partial charge in [0.1, 0.15) is 11.6 Å². The second-order valence-electron chi connectivity index (χ2n) is 5.05. The molecule has 0 bridgehead atoms. The first-order chi connectivity index (χ1) is 9.72. The maximum absolute atomic E-state index is 5.49. The number of rotatable bonds is 3. The summed E-state index contributed by atoms with van der Waals surface area (Å²) in [7, 11) is 0. The Bertz CT molecular complexity index is 589. The molecule has 0 radical (unpaired) electrons. The molecule has 1 N–H and O–H groups in total. The van der Waals surface area contributed by atoms with Crippen molar-refractivity contribution in [2.45, 2.75) is 26.3 Å². The van der Waals surface area contributed by atoms with Crippen molar-refractivity contribution in [3.8, 4) is 5.82 Å². The number of hydrogen-bond donors (Lipinski definition) is 1. The summed E-state index contributed by atoms with van der Waals surface area (Å²) in [4.78, 5) is 9.05. The van der Waals surface area contributed by atoms with Crippen molar-refractivity contribution in [2.75, 3.05) is 19.8 Å². The van der Waals surface area contributed by atoms with Gasteiger partial charge in [-0.3, -0.25) is 0 Å². The lowest BCUT2D eigenvalue weighted by molar-refractivity contribution is 0.0762. The molecule has 0 spiro atoms. The monoisotopic (exact) mass is 273 g/mol. The number of nitrogens with one attached hydrogen (secondary N) is 1. The fraction of sp³-hybridized carbons (Fsp3) is 0.500. The molecule has 3 rings (SSSR count). The number of pyridine rings is 1. The third-order valence-electron chi connectivity index (χ3n) is 3.30. The standard InChI is InChI=1S/C14H19N5O/c1-10-4-3-5-13(16-10)19-14(17-11(2)18-19)8-12-9-20-7-6-15-12/h3-5,12,15H,6-9H2,1-2H3/t12-/m1/s1. The van der Waals surface area contributed by atoms with Crippen LogP contribution in [-0.2, 0) is 11.2 Å². The number of aromatic nitrogens is 4. The van der Waals surface area contributed by atoms with E-state index in [-0.39, 0.29) is 6.04 Å². The maximum Gasteiger partial charge on any atom is 0.155 e. The van der Waals surface area contributed by atoms with Crippen LogP contribution in [0.3, 0.4) is 0 Å². The van der Waals surface area contributed by atoms with E-state index in [1.54, 1.807) is 0 Å². The van der Waals surface area contributed by atoms with Crippen LogP contribution in [0.25, 0.3) is 5.82 Å². The van der Waals surface area contributed by atoms with Crippen LogP contribution in [0.5, 0.6) is 0 Å². The zero-order valence-corrected chi connectivity index (χ0v) is 11.8. The Labute approximate surface area is 118 Å². The maximum atomic E-state index is 5.49. The third-order valence-corrected chi connectivity index (χ3v) is 3.30. The summed E-state index contributed by atoms with van der Waals surface area (Å²) >= 11 is 0. The van der Waals surface area contributed by atoms with Crippen LogP contribution in [0.2, 0.25) is 0 Å². The molecule has 3 heterocycles. The summed E-state index contributed by atoms with van der Waals surface area (Å²) in [5.41, 5.74) is 0.973. The van der Waals surface area contributed by atoms with Gasteiger partial charge in [0.05, 0.1) is 13.2 Å². The van der Waals surface area contributed by atoms with Crippen molar-refractivity contribution in [3.05, 3.63) is 35.5 Å². The van der Waals surface area contributed by atoms with Gasteiger partial charge in [-0.15, -0.1) is 5.10 Å². The number of hydrogen-bond acceptors (Lipinski definition) is 5. The van der Waals surface area contributed by atoms with Gasteiger partial charge in [-0.1, -0.05) is 6.07 Å². The molecule has 0 aromatic carbocycles. The molecule has 0 aliphatic carbocycles. The molecular weight excluding hydrogens is 254 g/mol. The Balaban J connectivity index is 1.87. The molecule has 1 fully saturated rings. The molecule has 1 saturated heterocycles. The minimum atomic E-state index is 0.288. The van der Waals surface area contributed by atoms with Crippen LogP contribution < -0.4 is 5.32 Å². The van der Waals surface area contributed by atoms with Gasteiger partial charge in [0.25, 0.3) is 0 Å². The van der Waals surface area contributed by atoms with Gasteiger partial charge in [-0.2, -0.15) is 4.68 Å². The van der Waals surface area contributed by atoms with E-state index >= 15 is 0 Å². The quantitative estimate of drug-likeness (QED) is 0.896. The van der Waals surface area contributed by atoms with Crippen LogP contribution in [0.15, 0.2) is 18.2 Å². The number of ether oxygens (including phenoxy) is 1. The van der Waals surface area contributed by atoms with E-state index in [0.29, 0.717) is 6.61 Å². The van der Waals surface area contributed by atoms with Gasteiger partial charge in [-0.05, 0) is 26.0 Å². The number of morpholine rings is 1. The number of nitrogens with zero attached hydrogens (tertiary/aromatic N) is 4. The van der Waals surface area contributed by atoms with Gasteiger partial charge >= 0.3 is 0 Å². The van der Waals surface area contributed by atoms with Crippen LogP contribution >= 0.6 is 0 Å². The molecule has 2 aromatic rings. The highest BCUT2D eigenvalue weighted by molar-refractivity contribution is 5.24. The molecule has 1 aliphatic rings. The number of aryl methyl sites for hydroxylation is 2. The molecule has 6 heteroatoms. The molecule has 6 nitrogen and oxygen atoms in total. The van der Waals surface area contributed by atoms with Crippen LogP contribution in [0.4, 0.5) is 0 Å². The van der Waals surface area contributed by atoms with Crippen molar-refractivity contribution >= 4 is 0 Å². The molecule has 1 aliphatic heterocycles. The van der Waals surface area contributed by atoms with E-state index in [4.69, 9.17) is 4.74 Å². The average Bonchev–Trinajstić information content (AvgIpc) is 2.81. The minimum Gasteiger partial charge on any atom is -0.379 e. The van der Waals surface area contributed by atoms with Gasteiger partial charge in [0, 0.05) is 24.7 Å². The summed E-state index contributed by atoms with van der Waals surface area (Å²) in [6.07, 6.45) is 0.788. The molecule has 0 unspecified atom stereocenters.